The molecule has 94 valence electrons. The van der Waals surface area contributed by atoms with E-state index in [1.165, 1.54) is 0 Å². The Labute approximate surface area is 91.1 Å². The second kappa shape index (κ2) is 5.49. The summed E-state index contributed by atoms with van der Waals surface area (Å²) in [5.41, 5.74) is 0. The number of carbonyl (C=O) groups is 1. The smallest absolute Gasteiger partial charge is 0.415 e. The van der Waals surface area contributed by atoms with Crippen LogP contribution in [-0.2, 0) is 14.3 Å². The number of halogens is 3. The Morgan fingerprint density at radius 1 is 1.56 bits per heavy atom. The van der Waals surface area contributed by atoms with Gasteiger partial charge >= 0.3 is 12.1 Å². The third-order valence-corrected chi connectivity index (χ3v) is 2.17. The molecule has 1 rings (SSSR count). The molecule has 1 heterocycles. The van der Waals surface area contributed by atoms with Gasteiger partial charge in [-0.25, -0.2) is 0 Å². The number of alkyl halides is 3. The first-order valence-electron chi connectivity index (χ1n) is 5.00. The van der Waals surface area contributed by atoms with Crippen molar-refractivity contribution in [3.8, 4) is 0 Å². The zero-order chi connectivity index (χ0) is 12.2. The van der Waals surface area contributed by atoms with Crippen LogP contribution in [0.2, 0.25) is 0 Å². The summed E-state index contributed by atoms with van der Waals surface area (Å²) in [6, 6.07) is -0.405. The van der Waals surface area contributed by atoms with E-state index in [0.717, 1.165) is 0 Å². The number of rotatable bonds is 3. The maximum atomic E-state index is 12.2. The van der Waals surface area contributed by atoms with Crippen LogP contribution < -0.4 is 5.32 Å². The van der Waals surface area contributed by atoms with Crippen LogP contribution in [0.1, 0.15) is 13.3 Å². The van der Waals surface area contributed by atoms with Crippen LogP contribution in [0.3, 0.4) is 0 Å². The van der Waals surface area contributed by atoms with E-state index in [2.05, 4.69) is 14.8 Å². The second-order valence-electron chi connectivity index (χ2n) is 3.48. The second-order valence-corrected chi connectivity index (χ2v) is 3.48. The van der Waals surface area contributed by atoms with Crippen LogP contribution in [0.5, 0.6) is 0 Å². The van der Waals surface area contributed by atoms with Gasteiger partial charge in [0.1, 0.15) is 0 Å². The highest BCUT2D eigenvalue weighted by molar-refractivity contribution is 5.70. The molecule has 1 N–H and O–H groups in total. The van der Waals surface area contributed by atoms with Gasteiger partial charge in [0.15, 0.2) is 6.10 Å². The summed E-state index contributed by atoms with van der Waals surface area (Å²) in [7, 11) is 0. The molecule has 0 amide bonds. The molecular formula is C9H14F3NO3. The van der Waals surface area contributed by atoms with Crippen molar-refractivity contribution in [2.45, 2.75) is 31.7 Å². The van der Waals surface area contributed by atoms with Crippen molar-refractivity contribution in [1.29, 1.82) is 0 Å². The first-order valence-corrected chi connectivity index (χ1v) is 5.00. The van der Waals surface area contributed by atoms with Gasteiger partial charge in [0.25, 0.3) is 0 Å². The standard InChI is InChI=1S/C9H14F3NO3/c1-2-15-8(14)3-6-5-16-7(4-13-6)9(10,11)12/h6-7,13H,2-5H2,1H3. The van der Waals surface area contributed by atoms with E-state index < -0.39 is 24.3 Å². The number of esters is 1. The van der Waals surface area contributed by atoms with E-state index in [1.54, 1.807) is 6.92 Å². The lowest BCUT2D eigenvalue weighted by Crippen LogP contribution is -2.52. The average Bonchev–Trinajstić information content (AvgIpc) is 2.17. The van der Waals surface area contributed by atoms with Gasteiger partial charge in [-0.15, -0.1) is 0 Å². The minimum absolute atomic E-state index is 0.0262. The quantitative estimate of drug-likeness (QED) is 0.744. The monoisotopic (exact) mass is 241 g/mol. The lowest BCUT2D eigenvalue weighted by atomic mass is 10.1. The fourth-order valence-corrected chi connectivity index (χ4v) is 1.39. The topological polar surface area (TPSA) is 47.6 Å². The molecule has 1 aliphatic rings. The molecule has 0 radical (unpaired) electrons. The minimum Gasteiger partial charge on any atom is -0.466 e. The van der Waals surface area contributed by atoms with Gasteiger partial charge < -0.3 is 14.8 Å². The fourth-order valence-electron chi connectivity index (χ4n) is 1.39. The third kappa shape index (κ3) is 3.97. The molecule has 4 nitrogen and oxygen atoms in total. The summed E-state index contributed by atoms with van der Waals surface area (Å²) >= 11 is 0. The first-order chi connectivity index (χ1) is 7.43. The molecule has 0 spiro atoms. The zero-order valence-corrected chi connectivity index (χ0v) is 8.84. The number of hydrogen-bond donors (Lipinski definition) is 1. The van der Waals surface area contributed by atoms with E-state index in [0.29, 0.717) is 0 Å². The van der Waals surface area contributed by atoms with Crippen molar-refractivity contribution >= 4 is 5.97 Å². The van der Waals surface area contributed by atoms with Gasteiger partial charge in [0.2, 0.25) is 0 Å². The predicted octanol–water partition coefficient (Wildman–Crippen LogP) is 0.859. The molecular weight excluding hydrogens is 227 g/mol. The van der Waals surface area contributed by atoms with Gasteiger partial charge in [-0.3, -0.25) is 4.79 Å². The summed E-state index contributed by atoms with van der Waals surface area (Å²) in [6.07, 6.45) is -6.12. The molecule has 0 bridgehead atoms. The molecule has 1 saturated heterocycles. The number of morpholine rings is 1. The molecule has 1 fully saturated rings. The lowest BCUT2D eigenvalue weighted by molar-refractivity contribution is -0.229. The van der Waals surface area contributed by atoms with Crippen LogP contribution in [0.4, 0.5) is 13.2 Å². The Morgan fingerprint density at radius 2 is 2.25 bits per heavy atom. The van der Waals surface area contributed by atoms with Gasteiger partial charge in [-0.1, -0.05) is 0 Å². The Kier molecular flexibility index (Phi) is 4.55. The molecule has 0 aromatic rings. The molecule has 1 aliphatic heterocycles. The number of hydrogen-bond acceptors (Lipinski definition) is 4. The largest absolute Gasteiger partial charge is 0.466 e. The van der Waals surface area contributed by atoms with Crippen LogP contribution in [0, 0.1) is 0 Å². The minimum atomic E-state index is -4.36. The summed E-state index contributed by atoms with van der Waals surface area (Å²) < 4.78 is 45.9. The number of ether oxygens (including phenoxy) is 2. The normalized spacial score (nSPS) is 26.5. The van der Waals surface area contributed by atoms with E-state index in [1.807, 2.05) is 0 Å². The average molecular weight is 241 g/mol. The maximum absolute atomic E-state index is 12.2. The number of nitrogens with one attached hydrogen (secondary N) is 1. The van der Waals surface area contributed by atoms with Crippen molar-refractivity contribution in [2.75, 3.05) is 19.8 Å². The SMILES string of the molecule is CCOC(=O)CC1COC(C(F)(F)F)CN1. The van der Waals surface area contributed by atoms with Gasteiger partial charge in [0.05, 0.1) is 19.6 Å². The maximum Gasteiger partial charge on any atom is 0.415 e. The molecule has 7 heteroatoms. The highest BCUT2D eigenvalue weighted by atomic mass is 19.4. The van der Waals surface area contributed by atoms with Crippen molar-refractivity contribution < 1.29 is 27.4 Å². The van der Waals surface area contributed by atoms with Crippen molar-refractivity contribution in [3.63, 3.8) is 0 Å². The van der Waals surface area contributed by atoms with E-state index >= 15 is 0 Å². The van der Waals surface area contributed by atoms with Crippen molar-refractivity contribution in [1.82, 2.24) is 5.32 Å². The molecule has 0 aliphatic carbocycles. The van der Waals surface area contributed by atoms with Crippen LogP contribution in [0.25, 0.3) is 0 Å². The summed E-state index contributed by atoms with van der Waals surface area (Å²) in [5, 5.41) is 2.62. The molecule has 0 aromatic carbocycles. The Morgan fingerprint density at radius 3 is 2.69 bits per heavy atom. The van der Waals surface area contributed by atoms with E-state index in [9.17, 15) is 18.0 Å². The molecule has 2 unspecified atom stereocenters. The van der Waals surface area contributed by atoms with Crippen molar-refractivity contribution in [2.24, 2.45) is 0 Å². The molecule has 0 aromatic heterocycles. The summed E-state index contributed by atoms with van der Waals surface area (Å²) in [5.74, 6) is -0.436. The Hall–Kier alpha value is -0.820. The third-order valence-electron chi connectivity index (χ3n) is 2.17. The zero-order valence-electron chi connectivity index (χ0n) is 8.84. The van der Waals surface area contributed by atoms with Gasteiger partial charge in [0, 0.05) is 12.6 Å². The lowest BCUT2D eigenvalue weighted by Gasteiger charge is -2.30. The molecule has 0 saturated carbocycles. The van der Waals surface area contributed by atoms with Crippen LogP contribution >= 0.6 is 0 Å². The summed E-state index contributed by atoms with van der Waals surface area (Å²) in [4.78, 5) is 11.0. The van der Waals surface area contributed by atoms with Crippen LogP contribution in [0.15, 0.2) is 0 Å². The molecule has 2 atom stereocenters. The van der Waals surface area contributed by atoms with E-state index in [-0.39, 0.29) is 26.2 Å². The summed E-state index contributed by atoms with van der Waals surface area (Å²) in [6.45, 7) is 1.47. The first kappa shape index (κ1) is 13.2. The van der Waals surface area contributed by atoms with Crippen LogP contribution in [-0.4, -0.2) is 44.0 Å². The fraction of sp³-hybridized carbons (Fsp3) is 0.889. The van der Waals surface area contributed by atoms with Gasteiger partial charge in [-0.05, 0) is 6.92 Å². The number of carbonyl (C=O) groups excluding carboxylic acids is 1. The Bertz CT molecular complexity index is 237. The highest BCUT2D eigenvalue weighted by Gasteiger charge is 2.43. The molecule has 16 heavy (non-hydrogen) atoms. The van der Waals surface area contributed by atoms with Gasteiger partial charge in [-0.2, -0.15) is 13.2 Å². The predicted molar refractivity (Wildman–Crippen MR) is 48.8 cm³/mol. The van der Waals surface area contributed by atoms with Crippen molar-refractivity contribution in [3.05, 3.63) is 0 Å². The Balaban J connectivity index is 2.30. The van der Waals surface area contributed by atoms with E-state index in [4.69, 9.17) is 0 Å². The highest BCUT2D eigenvalue weighted by Crippen LogP contribution is 2.24.